The molecule has 2 aromatic rings. The standard InChI is InChI=1S/C16H16N4O2/c17-11-12-10-13(18)3-4-14(12)19-5-7-20(8-6-19)16(21)15-2-1-9-22-15/h1-4,9-10H,5-8,18H2. The number of hydrogen-bond acceptors (Lipinski definition) is 5. The summed E-state index contributed by atoms with van der Waals surface area (Å²) in [6.45, 7) is 2.53. The number of nitrogens with zero attached hydrogens (tertiary/aromatic N) is 3. The van der Waals surface area contributed by atoms with Crippen molar-refractivity contribution >= 4 is 17.3 Å². The van der Waals surface area contributed by atoms with Crippen molar-refractivity contribution < 1.29 is 9.21 Å². The summed E-state index contributed by atoms with van der Waals surface area (Å²) in [4.78, 5) is 16.1. The third-order valence-electron chi connectivity index (χ3n) is 3.78. The molecule has 0 unspecified atom stereocenters. The van der Waals surface area contributed by atoms with Crippen LogP contribution in [0.4, 0.5) is 11.4 Å². The summed E-state index contributed by atoms with van der Waals surface area (Å²) >= 11 is 0. The van der Waals surface area contributed by atoms with E-state index in [9.17, 15) is 10.1 Å². The summed E-state index contributed by atoms with van der Waals surface area (Å²) in [6, 6.07) is 10.9. The Morgan fingerprint density at radius 2 is 2.00 bits per heavy atom. The van der Waals surface area contributed by atoms with Gasteiger partial charge in [0, 0.05) is 31.9 Å². The van der Waals surface area contributed by atoms with Crippen molar-refractivity contribution in [3.8, 4) is 6.07 Å². The lowest BCUT2D eigenvalue weighted by Crippen LogP contribution is -2.49. The van der Waals surface area contributed by atoms with E-state index >= 15 is 0 Å². The first kappa shape index (κ1) is 14.0. The molecule has 0 radical (unpaired) electrons. The van der Waals surface area contributed by atoms with E-state index in [0.717, 1.165) is 5.69 Å². The molecule has 2 heterocycles. The lowest BCUT2D eigenvalue weighted by molar-refractivity contribution is 0.0714. The molecule has 2 N–H and O–H groups in total. The molecule has 1 saturated heterocycles. The Balaban J connectivity index is 1.70. The third-order valence-corrected chi connectivity index (χ3v) is 3.78. The molecule has 0 saturated carbocycles. The summed E-state index contributed by atoms with van der Waals surface area (Å²) in [5, 5.41) is 9.23. The molecule has 1 fully saturated rings. The Morgan fingerprint density at radius 1 is 1.23 bits per heavy atom. The van der Waals surface area contributed by atoms with Gasteiger partial charge in [0.2, 0.25) is 0 Å². The first-order chi connectivity index (χ1) is 10.7. The van der Waals surface area contributed by atoms with Gasteiger partial charge >= 0.3 is 0 Å². The van der Waals surface area contributed by atoms with Gasteiger partial charge in [-0.3, -0.25) is 4.79 Å². The Hall–Kier alpha value is -2.94. The second kappa shape index (κ2) is 5.82. The lowest BCUT2D eigenvalue weighted by atomic mass is 10.1. The van der Waals surface area contributed by atoms with Gasteiger partial charge < -0.3 is 20.0 Å². The molecule has 1 aliphatic rings. The van der Waals surface area contributed by atoms with Crippen LogP contribution >= 0.6 is 0 Å². The van der Waals surface area contributed by atoms with Gasteiger partial charge in [-0.05, 0) is 30.3 Å². The molecule has 6 nitrogen and oxygen atoms in total. The molecule has 1 aromatic heterocycles. The smallest absolute Gasteiger partial charge is 0.289 e. The highest BCUT2D eigenvalue weighted by molar-refractivity contribution is 5.91. The van der Waals surface area contributed by atoms with Gasteiger partial charge in [-0.15, -0.1) is 0 Å². The Labute approximate surface area is 128 Å². The lowest BCUT2D eigenvalue weighted by Gasteiger charge is -2.36. The molecule has 1 aliphatic heterocycles. The Morgan fingerprint density at radius 3 is 2.64 bits per heavy atom. The molecule has 1 aromatic carbocycles. The van der Waals surface area contributed by atoms with Gasteiger partial charge in [0.1, 0.15) is 6.07 Å². The minimum Gasteiger partial charge on any atom is -0.459 e. The summed E-state index contributed by atoms with van der Waals surface area (Å²) in [5.74, 6) is 0.265. The van der Waals surface area contributed by atoms with Gasteiger partial charge in [0.25, 0.3) is 5.91 Å². The first-order valence-electron chi connectivity index (χ1n) is 7.06. The van der Waals surface area contributed by atoms with Crippen molar-refractivity contribution in [3.63, 3.8) is 0 Å². The van der Waals surface area contributed by atoms with Crippen LogP contribution in [-0.4, -0.2) is 37.0 Å². The second-order valence-corrected chi connectivity index (χ2v) is 5.14. The average molecular weight is 296 g/mol. The summed E-state index contributed by atoms with van der Waals surface area (Å²) in [7, 11) is 0. The Kier molecular flexibility index (Phi) is 3.71. The maximum atomic E-state index is 12.2. The molecule has 1 amide bonds. The number of anilines is 2. The monoisotopic (exact) mass is 296 g/mol. The number of nitrogens with two attached hydrogens (primary N) is 1. The van der Waals surface area contributed by atoms with E-state index in [1.54, 1.807) is 29.2 Å². The van der Waals surface area contributed by atoms with E-state index in [1.165, 1.54) is 6.26 Å². The van der Waals surface area contributed by atoms with Crippen molar-refractivity contribution in [3.05, 3.63) is 47.9 Å². The molecule has 0 aliphatic carbocycles. The van der Waals surface area contributed by atoms with Crippen molar-refractivity contribution in [1.82, 2.24) is 4.90 Å². The summed E-state index contributed by atoms with van der Waals surface area (Å²) in [5.41, 5.74) is 7.72. The molecule has 3 rings (SSSR count). The van der Waals surface area contributed by atoms with Crippen LogP contribution in [0.3, 0.4) is 0 Å². The minimum atomic E-state index is -0.0949. The average Bonchev–Trinajstić information content (AvgIpc) is 3.08. The number of rotatable bonds is 2. The van der Waals surface area contributed by atoms with E-state index in [4.69, 9.17) is 10.2 Å². The van der Waals surface area contributed by atoms with Crippen LogP contribution in [0.5, 0.6) is 0 Å². The van der Waals surface area contributed by atoms with Crippen LogP contribution in [0.15, 0.2) is 41.0 Å². The van der Waals surface area contributed by atoms with Crippen molar-refractivity contribution in [2.75, 3.05) is 36.8 Å². The number of amides is 1. The van der Waals surface area contributed by atoms with Crippen molar-refractivity contribution in [1.29, 1.82) is 5.26 Å². The summed E-state index contributed by atoms with van der Waals surface area (Å²) in [6.07, 6.45) is 1.50. The fourth-order valence-corrected chi connectivity index (χ4v) is 2.63. The normalized spacial score (nSPS) is 14.7. The fourth-order valence-electron chi connectivity index (χ4n) is 2.63. The van der Waals surface area contributed by atoms with E-state index < -0.39 is 0 Å². The fraction of sp³-hybridized carbons (Fsp3) is 0.250. The number of piperazine rings is 1. The number of carbonyl (C=O) groups is 1. The highest BCUT2D eigenvalue weighted by Crippen LogP contribution is 2.24. The van der Waals surface area contributed by atoms with Gasteiger partial charge in [0.15, 0.2) is 5.76 Å². The van der Waals surface area contributed by atoms with E-state index in [-0.39, 0.29) is 5.91 Å². The zero-order valence-corrected chi connectivity index (χ0v) is 12.0. The molecule has 0 bridgehead atoms. The number of nitriles is 1. The Bertz CT molecular complexity index is 710. The number of nitrogen functional groups attached to an aromatic ring is 1. The van der Waals surface area contributed by atoms with Gasteiger partial charge in [-0.25, -0.2) is 0 Å². The number of benzene rings is 1. The quantitative estimate of drug-likeness (QED) is 0.852. The number of carbonyl (C=O) groups excluding carboxylic acids is 1. The summed E-state index contributed by atoms with van der Waals surface area (Å²) < 4.78 is 5.15. The van der Waals surface area contributed by atoms with Crippen molar-refractivity contribution in [2.45, 2.75) is 0 Å². The van der Waals surface area contributed by atoms with Crippen LogP contribution in [0.2, 0.25) is 0 Å². The molecule has 22 heavy (non-hydrogen) atoms. The second-order valence-electron chi connectivity index (χ2n) is 5.14. The van der Waals surface area contributed by atoms with Gasteiger partial charge in [0.05, 0.1) is 17.5 Å². The zero-order chi connectivity index (χ0) is 15.5. The van der Waals surface area contributed by atoms with E-state index in [0.29, 0.717) is 43.2 Å². The number of hydrogen-bond donors (Lipinski definition) is 1. The predicted molar refractivity (Wildman–Crippen MR) is 82.4 cm³/mol. The third kappa shape index (κ3) is 2.61. The maximum Gasteiger partial charge on any atom is 0.289 e. The molecule has 0 atom stereocenters. The largest absolute Gasteiger partial charge is 0.459 e. The van der Waals surface area contributed by atoms with Gasteiger partial charge in [-0.1, -0.05) is 0 Å². The molecule has 0 spiro atoms. The SMILES string of the molecule is N#Cc1cc(N)ccc1N1CCN(C(=O)c2ccco2)CC1. The van der Waals surface area contributed by atoms with Crippen LogP contribution < -0.4 is 10.6 Å². The predicted octanol–water partition coefficient (Wildman–Crippen LogP) is 1.70. The number of furan rings is 1. The minimum absolute atomic E-state index is 0.0949. The van der Waals surface area contributed by atoms with Crippen LogP contribution in [0, 0.1) is 11.3 Å². The van der Waals surface area contributed by atoms with Crippen LogP contribution in [-0.2, 0) is 0 Å². The van der Waals surface area contributed by atoms with Crippen LogP contribution in [0.1, 0.15) is 16.1 Å². The zero-order valence-electron chi connectivity index (χ0n) is 12.0. The van der Waals surface area contributed by atoms with Crippen molar-refractivity contribution in [2.24, 2.45) is 0 Å². The molecule has 6 heteroatoms. The maximum absolute atomic E-state index is 12.2. The van der Waals surface area contributed by atoms with E-state index in [2.05, 4.69) is 11.0 Å². The molecule has 112 valence electrons. The van der Waals surface area contributed by atoms with E-state index in [1.807, 2.05) is 6.07 Å². The van der Waals surface area contributed by atoms with Crippen LogP contribution in [0.25, 0.3) is 0 Å². The molecular weight excluding hydrogens is 280 g/mol. The van der Waals surface area contributed by atoms with Gasteiger partial charge in [-0.2, -0.15) is 5.26 Å². The first-order valence-corrected chi connectivity index (χ1v) is 7.06. The highest BCUT2D eigenvalue weighted by atomic mass is 16.3. The topological polar surface area (TPSA) is 86.5 Å². The molecular formula is C16H16N4O2. The highest BCUT2D eigenvalue weighted by Gasteiger charge is 2.24.